The Morgan fingerprint density at radius 2 is 1.88 bits per heavy atom. The summed E-state index contributed by atoms with van der Waals surface area (Å²) in [4.78, 5) is 0. The van der Waals surface area contributed by atoms with E-state index in [2.05, 4.69) is 4.74 Å². The zero-order chi connectivity index (χ0) is 12.6. The van der Waals surface area contributed by atoms with Crippen molar-refractivity contribution in [3.8, 4) is 0 Å². The predicted octanol–water partition coefficient (Wildman–Crippen LogP) is 3.36. The summed E-state index contributed by atoms with van der Waals surface area (Å²) in [5, 5.41) is 0. The van der Waals surface area contributed by atoms with E-state index in [9.17, 15) is 13.2 Å². The second-order valence-electron chi connectivity index (χ2n) is 3.43. The van der Waals surface area contributed by atoms with Gasteiger partial charge in [-0.25, -0.2) is 0 Å². The van der Waals surface area contributed by atoms with E-state index in [1.807, 2.05) is 19.9 Å². The highest BCUT2D eigenvalue weighted by molar-refractivity contribution is 5.06. The van der Waals surface area contributed by atoms with E-state index in [0.717, 1.165) is 12.8 Å². The molecule has 0 aliphatic carbocycles. The molecule has 0 bridgehead atoms. The van der Waals surface area contributed by atoms with Crippen LogP contribution in [0.25, 0.3) is 0 Å². The molecular formula is C11H18F3NO. The summed E-state index contributed by atoms with van der Waals surface area (Å²) in [6.07, 6.45) is 2.50. The minimum absolute atomic E-state index is 0.223. The van der Waals surface area contributed by atoms with Gasteiger partial charge in [0.1, 0.15) is 0 Å². The van der Waals surface area contributed by atoms with Gasteiger partial charge in [-0.2, -0.15) is 13.2 Å². The molecule has 0 aromatic heterocycles. The van der Waals surface area contributed by atoms with Crippen molar-refractivity contribution in [2.75, 3.05) is 6.61 Å². The van der Waals surface area contributed by atoms with Crippen LogP contribution in [0.5, 0.6) is 0 Å². The van der Waals surface area contributed by atoms with E-state index in [-0.39, 0.29) is 5.88 Å². The number of allylic oxidation sites excluding steroid dienone is 3. The average Bonchev–Trinajstić information content (AvgIpc) is 2.20. The molecule has 0 aromatic rings. The highest BCUT2D eigenvalue weighted by atomic mass is 19.4. The molecular weight excluding hydrogens is 219 g/mol. The van der Waals surface area contributed by atoms with Crippen LogP contribution in [0.4, 0.5) is 13.2 Å². The van der Waals surface area contributed by atoms with Gasteiger partial charge >= 0.3 is 6.18 Å². The lowest BCUT2D eigenvalue weighted by Crippen LogP contribution is -2.18. The van der Waals surface area contributed by atoms with Crippen LogP contribution < -0.4 is 5.73 Å². The molecule has 94 valence electrons. The van der Waals surface area contributed by atoms with Gasteiger partial charge in [0.25, 0.3) is 0 Å². The van der Waals surface area contributed by atoms with Crippen LogP contribution in [0.2, 0.25) is 0 Å². The Labute approximate surface area is 94.0 Å². The van der Waals surface area contributed by atoms with Crippen molar-refractivity contribution in [1.29, 1.82) is 0 Å². The first-order chi connectivity index (χ1) is 7.39. The standard InChI is InChI=1S/C11H18F3NO/c1-3-9(4-2)6-5-7-10(15)16-8-11(12,13)14/h5-7,9H,3-4,8,15H2,1-2H3/b6-5-,10-7+. The average molecular weight is 237 g/mol. The SMILES string of the molecule is CCC(/C=C\C=C(/N)OCC(F)(F)F)CC. The Morgan fingerprint density at radius 1 is 1.31 bits per heavy atom. The fourth-order valence-electron chi connectivity index (χ4n) is 1.08. The number of hydrogen-bond donors (Lipinski definition) is 1. The first-order valence-corrected chi connectivity index (χ1v) is 5.22. The Morgan fingerprint density at radius 3 is 2.31 bits per heavy atom. The molecule has 2 N–H and O–H groups in total. The molecule has 0 atom stereocenters. The van der Waals surface area contributed by atoms with Gasteiger partial charge in [-0.15, -0.1) is 0 Å². The topological polar surface area (TPSA) is 35.2 Å². The summed E-state index contributed by atoms with van der Waals surface area (Å²) in [5.41, 5.74) is 5.24. The van der Waals surface area contributed by atoms with E-state index in [0.29, 0.717) is 5.92 Å². The van der Waals surface area contributed by atoms with Gasteiger partial charge in [0.2, 0.25) is 0 Å². The van der Waals surface area contributed by atoms with Gasteiger partial charge in [0.05, 0.1) is 0 Å². The van der Waals surface area contributed by atoms with Crippen molar-refractivity contribution in [1.82, 2.24) is 0 Å². The quantitative estimate of drug-likeness (QED) is 0.568. The summed E-state index contributed by atoms with van der Waals surface area (Å²) in [6.45, 7) is 2.74. The summed E-state index contributed by atoms with van der Waals surface area (Å²) < 4.78 is 39.6. The third-order valence-electron chi connectivity index (χ3n) is 2.10. The lowest BCUT2D eigenvalue weighted by atomic mass is 10.0. The lowest BCUT2D eigenvalue weighted by molar-refractivity contribution is -0.165. The Balaban J connectivity index is 4.04. The van der Waals surface area contributed by atoms with Crippen LogP contribution in [0.3, 0.4) is 0 Å². The Hall–Kier alpha value is -1.13. The van der Waals surface area contributed by atoms with Gasteiger partial charge < -0.3 is 10.5 Å². The lowest BCUT2D eigenvalue weighted by Gasteiger charge is -2.08. The van der Waals surface area contributed by atoms with Crippen molar-refractivity contribution >= 4 is 0 Å². The third-order valence-corrected chi connectivity index (χ3v) is 2.10. The Bertz CT molecular complexity index is 242. The predicted molar refractivity (Wildman–Crippen MR) is 57.5 cm³/mol. The summed E-state index contributed by atoms with van der Waals surface area (Å²) in [7, 11) is 0. The molecule has 0 amide bonds. The zero-order valence-corrected chi connectivity index (χ0v) is 9.55. The highest BCUT2D eigenvalue weighted by Gasteiger charge is 2.28. The molecule has 0 rings (SSSR count). The van der Waals surface area contributed by atoms with E-state index in [1.165, 1.54) is 6.08 Å². The minimum atomic E-state index is -4.35. The molecule has 2 nitrogen and oxygen atoms in total. The monoisotopic (exact) mass is 237 g/mol. The smallest absolute Gasteiger partial charge is 0.422 e. The molecule has 0 spiro atoms. The van der Waals surface area contributed by atoms with Gasteiger partial charge in [-0.3, -0.25) is 0 Å². The van der Waals surface area contributed by atoms with Crippen molar-refractivity contribution < 1.29 is 17.9 Å². The van der Waals surface area contributed by atoms with Gasteiger partial charge in [-0.1, -0.05) is 26.0 Å². The maximum atomic E-state index is 11.7. The number of alkyl halides is 3. The first kappa shape index (κ1) is 14.9. The number of halogens is 3. The van der Waals surface area contributed by atoms with Crippen LogP contribution in [-0.2, 0) is 4.74 Å². The Kier molecular flexibility index (Phi) is 6.69. The fraction of sp³-hybridized carbons (Fsp3) is 0.636. The molecule has 0 fully saturated rings. The number of nitrogens with two attached hydrogens (primary N) is 1. The van der Waals surface area contributed by atoms with Crippen LogP contribution in [-0.4, -0.2) is 12.8 Å². The van der Waals surface area contributed by atoms with Gasteiger partial charge in [0.15, 0.2) is 12.5 Å². The second kappa shape index (κ2) is 7.19. The van der Waals surface area contributed by atoms with E-state index >= 15 is 0 Å². The fourth-order valence-corrected chi connectivity index (χ4v) is 1.08. The molecule has 0 aliphatic rings. The van der Waals surface area contributed by atoms with Crippen molar-refractivity contribution in [3.05, 3.63) is 24.1 Å². The summed E-state index contributed by atoms with van der Waals surface area (Å²) in [6, 6.07) is 0. The van der Waals surface area contributed by atoms with Crippen molar-refractivity contribution in [2.24, 2.45) is 11.7 Å². The molecule has 0 unspecified atom stereocenters. The molecule has 0 saturated carbocycles. The van der Waals surface area contributed by atoms with Crippen LogP contribution in [0.1, 0.15) is 26.7 Å². The molecule has 16 heavy (non-hydrogen) atoms. The maximum Gasteiger partial charge on any atom is 0.422 e. The third kappa shape index (κ3) is 8.20. The molecule has 0 saturated heterocycles. The maximum absolute atomic E-state index is 11.7. The van der Waals surface area contributed by atoms with E-state index in [4.69, 9.17) is 5.73 Å². The molecule has 0 aromatic carbocycles. The van der Waals surface area contributed by atoms with Crippen molar-refractivity contribution in [3.63, 3.8) is 0 Å². The van der Waals surface area contributed by atoms with E-state index in [1.54, 1.807) is 6.08 Å². The number of ether oxygens (including phenoxy) is 1. The summed E-state index contributed by atoms with van der Waals surface area (Å²) >= 11 is 0. The van der Waals surface area contributed by atoms with Crippen LogP contribution >= 0.6 is 0 Å². The highest BCUT2D eigenvalue weighted by Crippen LogP contribution is 2.15. The second-order valence-corrected chi connectivity index (χ2v) is 3.43. The largest absolute Gasteiger partial charge is 0.470 e. The van der Waals surface area contributed by atoms with Crippen molar-refractivity contribution in [2.45, 2.75) is 32.9 Å². The molecule has 0 radical (unpaired) electrons. The minimum Gasteiger partial charge on any atom is -0.470 e. The normalized spacial score (nSPS) is 13.8. The summed E-state index contributed by atoms with van der Waals surface area (Å²) in [5.74, 6) is 0.200. The zero-order valence-electron chi connectivity index (χ0n) is 9.55. The van der Waals surface area contributed by atoms with E-state index < -0.39 is 12.8 Å². The van der Waals surface area contributed by atoms with Crippen LogP contribution in [0.15, 0.2) is 24.1 Å². The van der Waals surface area contributed by atoms with Crippen LogP contribution in [0, 0.1) is 5.92 Å². The molecule has 0 heterocycles. The number of hydrogen-bond acceptors (Lipinski definition) is 2. The molecule has 5 heteroatoms. The first-order valence-electron chi connectivity index (χ1n) is 5.22. The van der Waals surface area contributed by atoms with Gasteiger partial charge in [-0.05, 0) is 24.8 Å². The van der Waals surface area contributed by atoms with Gasteiger partial charge in [0, 0.05) is 0 Å². The number of rotatable bonds is 6. The molecule has 0 aliphatic heterocycles.